The third-order valence-electron chi connectivity index (χ3n) is 5.02. The highest BCUT2D eigenvalue weighted by Crippen LogP contribution is 2.32. The molecular weight excluding hydrogens is 487 g/mol. The fourth-order valence-corrected chi connectivity index (χ4v) is 4.03. The van der Waals surface area contributed by atoms with Gasteiger partial charge in [-0.15, -0.1) is 0 Å². The van der Waals surface area contributed by atoms with Crippen molar-refractivity contribution in [3.05, 3.63) is 94.6 Å². The predicted molar refractivity (Wildman–Crippen MR) is 132 cm³/mol. The SMILES string of the molecule is COc1ccc(C(=O)Oc2ccc(/C=C3/SC(=O)N(CC(=O)Nc4ccc(F)cc4)C3=O)cc2)cc1. The number of hydrogen-bond donors (Lipinski definition) is 1. The number of imide groups is 1. The van der Waals surface area contributed by atoms with Gasteiger partial charge in [0.1, 0.15) is 23.9 Å². The Morgan fingerprint density at radius 2 is 1.58 bits per heavy atom. The summed E-state index contributed by atoms with van der Waals surface area (Å²) in [6, 6.07) is 18.0. The lowest BCUT2D eigenvalue weighted by atomic mass is 10.2. The van der Waals surface area contributed by atoms with Gasteiger partial charge in [0, 0.05) is 5.69 Å². The number of esters is 1. The average molecular weight is 507 g/mol. The molecule has 0 saturated carbocycles. The van der Waals surface area contributed by atoms with Crippen molar-refractivity contribution in [2.24, 2.45) is 0 Å². The summed E-state index contributed by atoms with van der Waals surface area (Å²) in [5.74, 6) is -1.26. The highest BCUT2D eigenvalue weighted by Gasteiger charge is 2.36. The van der Waals surface area contributed by atoms with Crippen molar-refractivity contribution in [2.75, 3.05) is 19.0 Å². The molecule has 0 atom stereocenters. The van der Waals surface area contributed by atoms with Crippen LogP contribution in [0.25, 0.3) is 6.08 Å². The molecule has 3 aromatic carbocycles. The highest BCUT2D eigenvalue weighted by molar-refractivity contribution is 8.18. The van der Waals surface area contributed by atoms with E-state index < -0.39 is 35.4 Å². The Balaban J connectivity index is 1.36. The molecule has 10 heteroatoms. The number of nitrogens with zero attached hydrogens (tertiary/aromatic N) is 1. The van der Waals surface area contributed by atoms with Crippen LogP contribution in [0, 0.1) is 5.82 Å². The maximum Gasteiger partial charge on any atom is 0.343 e. The van der Waals surface area contributed by atoms with Gasteiger partial charge in [-0.05, 0) is 84.1 Å². The molecule has 0 aliphatic carbocycles. The Morgan fingerprint density at radius 3 is 2.22 bits per heavy atom. The van der Waals surface area contributed by atoms with E-state index in [0.717, 1.165) is 4.90 Å². The minimum absolute atomic E-state index is 0.151. The molecule has 0 unspecified atom stereocenters. The van der Waals surface area contributed by atoms with Gasteiger partial charge in [-0.3, -0.25) is 19.3 Å². The summed E-state index contributed by atoms with van der Waals surface area (Å²) in [6.45, 7) is -0.473. The summed E-state index contributed by atoms with van der Waals surface area (Å²) >= 11 is 0.715. The first-order chi connectivity index (χ1) is 17.3. The number of ether oxygens (including phenoxy) is 2. The van der Waals surface area contributed by atoms with E-state index in [1.807, 2.05) is 0 Å². The Labute approximate surface area is 209 Å². The van der Waals surface area contributed by atoms with Gasteiger partial charge in [-0.2, -0.15) is 0 Å². The Hall–Kier alpha value is -4.44. The minimum Gasteiger partial charge on any atom is -0.497 e. The number of benzene rings is 3. The van der Waals surface area contributed by atoms with E-state index >= 15 is 0 Å². The van der Waals surface area contributed by atoms with Crippen molar-refractivity contribution in [1.29, 1.82) is 0 Å². The topological polar surface area (TPSA) is 102 Å². The second-order valence-electron chi connectivity index (χ2n) is 7.51. The molecule has 36 heavy (non-hydrogen) atoms. The monoisotopic (exact) mass is 506 g/mol. The summed E-state index contributed by atoms with van der Waals surface area (Å²) in [5.41, 5.74) is 1.30. The number of carbonyl (C=O) groups excluding carboxylic acids is 4. The maximum atomic E-state index is 13.0. The zero-order chi connectivity index (χ0) is 25.7. The predicted octanol–water partition coefficient (Wildman–Crippen LogP) is 4.73. The molecule has 1 N–H and O–H groups in total. The molecular formula is C26H19FN2O6S. The fourth-order valence-electron chi connectivity index (χ4n) is 3.19. The van der Waals surface area contributed by atoms with Crippen molar-refractivity contribution >= 4 is 46.5 Å². The third kappa shape index (κ3) is 5.97. The summed E-state index contributed by atoms with van der Waals surface area (Å²) in [6.07, 6.45) is 1.51. The van der Waals surface area contributed by atoms with E-state index in [2.05, 4.69) is 5.32 Å². The van der Waals surface area contributed by atoms with Crippen LogP contribution in [0.15, 0.2) is 77.7 Å². The number of carbonyl (C=O) groups is 4. The van der Waals surface area contributed by atoms with Gasteiger partial charge in [-0.1, -0.05) is 12.1 Å². The van der Waals surface area contributed by atoms with Crippen LogP contribution in [0.2, 0.25) is 0 Å². The van der Waals surface area contributed by atoms with Crippen molar-refractivity contribution < 1.29 is 33.0 Å². The van der Waals surface area contributed by atoms with Crippen molar-refractivity contribution in [1.82, 2.24) is 4.90 Å². The zero-order valence-electron chi connectivity index (χ0n) is 18.9. The number of rotatable bonds is 7. The fraction of sp³-hybridized carbons (Fsp3) is 0.0769. The van der Waals surface area contributed by atoms with Crippen LogP contribution in [0.5, 0.6) is 11.5 Å². The number of thioether (sulfide) groups is 1. The number of methoxy groups -OCH3 is 1. The molecule has 1 saturated heterocycles. The van der Waals surface area contributed by atoms with Gasteiger partial charge in [0.15, 0.2) is 0 Å². The quantitative estimate of drug-likeness (QED) is 0.281. The van der Waals surface area contributed by atoms with Crippen molar-refractivity contribution in [3.63, 3.8) is 0 Å². The van der Waals surface area contributed by atoms with Gasteiger partial charge >= 0.3 is 5.97 Å². The van der Waals surface area contributed by atoms with Crippen LogP contribution in [0.4, 0.5) is 14.9 Å². The second kappa shape index (κ2) is 10.9. The Bertz CT molecular complexity index is 1340. The third-order valence-corrected chi connectivity index (χ3v) is 5.92. The number of nitrogens with one attached hydrogen (secondary N) is 1. The van der Waals surface area contributed by atoms with Crippen LogP contribution < -0.4 is 14.8 Å². The molecule has 182 valence electrons. The molecule has 0 radical (unpaired) electrons. The average Bonchev–Trinajstić information content (AvgIpc) is 3.13. The number of halogens is 1. The largest absolute Gasteiger partial charge is 0.497 e. The molecule has 8 nitrogen and oxygen atoms in total. The lowest BCUT2D eigenvalue weighted by Gasteiger charge is -2.12. The number of hydrogen-bond acceptors (Lipinski definition) is 7. The molecule has 3 amide bonds. The maximum absolute atomic E-state index is 13.0. The van der Waals surface area contributed by atoms with Gasteiger partial charge < -0.3 is 14.8 Å². The molecule has 1 aliphatic heterocycles. The van der Waals surface area contributed by atoms with Crippen LogP contribution in [0.3, 0.4) is 0 Å². The molecule has 0 spiro atoms. The van der Waals surface area contributed by atoms with E-state index in [0.29, 0.717) is 40.1 Å². The summed E-state index contributed by atoms with van der Waals surface area (Å²) in [4.78, 5) is 50.5. The van der Waals surface area contributed by atoms with Gasteiger partial charge in [0.2, 0.25) is 5.91 Å². The highest BCUT2D eigenvalue weighted by atomic mass is 32.2. The van der Waals surface area contributed by atoms with Gasteiger partial charge in [-0.25, -0.2) is 9.18 Å². The lowest BCUT2D eigenvalue weighted by Crippen LogP contribution is -2.36. The first-order valence-electron chi connectivity index (χ1n) is 10.6. The van der Waals surface area contributed by atoms with Crippen molar-refractivity contribution in [2.45, 2.75) is 0 Å². The molecule has 0 aromatic heterocycles. The van der Waals surface area contributed by atoms with Crippen LogP contribution in [-0.4, -0.2) is 41.6 Å². The first kappa shape index (κ1) is 24.7. The van der Waals surface area contributed by atoms with Crippen molar-refractivity contribution in [3.8, 4) is 11.5 Å². The molecule has 1 fully saturated rings. The van der Waals surface area contributed by atoms with Crippen LogP contribution >= 0.6 is 11.8 Å². The minimum atomic E-state index is -0.603. The molecule has 3 aromatic rings. The summed E-state index contributed by atoms with van der Waals surface area (Å²) < 4.78 is 23.4. The van der Waals surface area contributed by atoms with Crippen LogP contribution in [-0.2, 0) is 9.59 Å². The number of amides is 3. The summed E-state index contributed by atoms with van der Waals surface area (Å²) in [5, 5.41) is 1.93. The standard InChI is InChI=1S/C26H19FN2O6S/c1-34-20-12-4-17(5-13-20)25(32)35-21-10-2-16(3-11-21)14-22-24(31)29(26(33)36-22)15-23(30)28-19-8-6-18(27)7-9-19/h2-14H,15H2,1H3,(H,28,30)/b22-14+. The molecule has 0 bridgehead atoms. The zero-order valence-corrected chi connectivity index (χ0v) is 19.7. The Morgan fingerprint density at radius 1 is 0.944 bits per heavy atom. The van der Waals surface area contributed by atoms with E-state index in [1.165, 1.54) is 37.5 Å². The number of anilines is 1. The Kier molecular flexibility index (Phi) is 7.45. The van der Waals surface area contributed by atoms with E-state index in [4.69, 9.17) is 9.47 Å². The van der Waals surface area contributed by atoms with Gasteiger partial charge in [0.05, 0.1) is 17.6 Å². The van der Waals surface area contributed by atoms with Crippen LogP contribution in [0.1, 0.15) is 15.9 Å². The van der Waals surface area contributed by atoms with Gasteiger partial charge in [0.25, 0.3) is 11.1 Å². The van der Waals surface area contributed by atoms with E-state index in [9.17, 15) is 23.6 Å². The lowest BCUT2D eigenvalue weighted by molar-refractivity contribution is -0.127. The molecule has 4 rings (SSSR count). The molecule has 1 aliphatic rings. The molecule has 1 heterocycles. The van der Waals surface area contributed by atoms with E-state index in [1.54, 1.807) is 48.5 Å². The second-order valence-corrected chi connectivity index (χ2v) is 8.50. The van der Waals surface area contributed by atoms with E-state index in [-0.39, 0.29) is 4.91 Å². The normalized spacial score (nSPS) is 14.2. The first-order valence-corrected chi connectivity index (χ1v) is 11.4. The smallest absolute Gasteiger partial charge is 0.343 e. The summed E-state index contributed by atoms with van der Waals surface area (Å²) in [7, 11) is 1.53.